The molecule has 9 nitrogen and oxygen atoms in total. The van der Waals surface area contributed by atoms with E-state index in [1.54, 1.807) is 12.1 Å². The van der Waals surface area contributed by atoms with E-state index in [9.17, 15) is 24.1 Å². The largest absolute Gasteiger partial charge is 0.494 e. The van der Waals surface area contributed by atoms with Crippen molar-refractivity contribution < 1.29 is 23.6 Å². The minimum atomic E-state index is -0.854. The predicted octanol–water partition coefficient (Wildman–Crippen LogP) is 2.03. The zero-order valence-corrected chi connectivity index (χ0v) is 15.6. The van der Waals surface area contributed by atoms with Crippen LogP contribution in [0.15, 0.2) is 42.5 Å². The van der Waals surface area contributed by atoms with Gasteiger partial charge in [-0.05, 0) is 30.3 Å². The number of ether oxygens (including phenoxy) is 1. The zero-order valence-electron chi connectivity index (χ0n) is 15.6. The third kappa shape index (κ3) is 4.60. The van der Waals surface area contributed by atoms with E-state index in [1.807, 2.05) is 4.90 Å². The van der Waals surface area contributed by atoms with E-state index in [2.05, 4.69) is 5.32 Å². The monoisotopic (exact) mass is 402 g/mol. The second kappa shape index (κ2) is 8.55. The van der Waals surface area contributed by atoms with Crippen LogP contribution in [0.1, 0.15) is 0 Å². The number of halogens is 1. The van der Waals surface area contributed by atoms with Gasteiger partial charge in [-0.15, -0.1) is 0 Å². The van der Waals surface area contributed by atoms with Gasteiger partial charge in [-0.25, -0.2) is 4.39 Å². The van der Waals surface area contributed by atoms with E-state index in [1.165, 1.54) is 42.3 Å². The number of anilines is 2. The fourth-order valence-corrected chi connectivity index (χ4v) is 3.04. The average Bonchev–Trinajstić information content (AvgIpc) is 2.74. The Morgan fingerprint density at radius 1 is 1.10 bits per heavy atom. The third-order valence-corrected chi connectivity index (χ3v) is 4.60. The normalized spacial score (nSPS) is 13.7. The summed E-state index contributed by atoms with van der Waals surface area (Å²) in [6.07, 6.45) is 0. The summed E-state index contributed by atoms with van der Waals surface area (Å²) in [6, 6.07) is 9.77. The first-order valence-electron chi connectivity index (χ1n) is 8.82. The van der Waals surface area contributed by atoms with Crippen molar-refractivity contribution in [2.24, 2.45) is 0 Å². The number of nitrogens with zero attached hydrogens (tertiary/aromatic N) is 3. The molecule has 0 bridgehead atoms. The molecule has 1 fully saturated rings. The van der Waals surface area contributed by atoms with Crippen molar-refractivity contribution in [3.05, 3.63) is 58.4 Å². The molecule has 1 aliphatic rings. The molecule has 0 unspecified atom stereocenters. The van der Waals surface area contributed by atoms with Gasteiger partial charge in [0.2, 0.25) is 0 Å². The molecule has 29 heavy (non-hydrogen) atoms. The lowest BCUT2D eigenvalue weighted by molar-refractivity contribution is -0.384. The number of benzene rings is 2. The highest BCUT2D eigenvalue weighted by molar-refractivity contribution is 6.39. The molecule has 0 radical (unpaired) electrons. The summed E-state index contributed by atoms with van der Waals surface area (Å²) >= 11 is 0. The molecule has 1 aliphatic heterocycles. The summed E-state index contributed by atoms with van der Waals surface area (Å²) in [5, 5.41) is 13.3. The van der Waals surface area contributed by atoms with Crippen LogP contribution in [0.3, 0.4) is 0 Å². The van der Waals surface area contributed by atoms with E-state index in [0.29, 0.717) is 26.2 Å². The van der Waals surface area contributed by atoms with Crippen LogP contribution < -0.4 is 15.0 Å². The molecule has 2 aromatic rings. The number of methoxy groups -OCH3 is 1. The number of hydrogen-bond donors (Lipinski definition) is 1. The van der Waals surface area contributed by atoms with Crippen LogP contribution in [0, 0.1) is 15.9 Å². The van der Waals surface area contributed by atoms with Crippen molar-refractivity contribution in [3.8, 4) is 5.75 Å². The average molecular weight is 402 g/mol. The molecule has 2 aromatic carbocycles. The number of nitro benzene ring substituents is 1. The number of hydrogen-bond acceptors (Lipinski definition) is 6. The third-order valence-electron chi connectivity index (χ3n) is 4.60. The van der Waals surface area contributed by atoms with Crippen molar-refractivity contribution in [1.82, 2.24) is 4.90 Å². The number of amides is 2. The maximum Gasteiger partial charge on any atom is 0.314 e. The van der Waals surface area contributed by atoms with Crippen molar-refractivity contribution >= 4 is 28.9 Å². The highest BCUT2D eigenvalue weighted by Gasteiger charge is 2.27. The lowest BCUT2D eigenvalue weighted by Crippen LogP contribution is -2.51. The molecule has 0 aliphatic carbocycles. The number of non-ortho nitro benzene ring substituents is 1. The smallest absolute Gasteiger partial charge is 0.314 e. The van der Waals surface area contributed by atoms with E-state index in [0.717, 1.165) is 5.69 Å². The minimum absolute atomic E-state index is 0.0847. The van der Waals surface area contributed by atoms with Crippen LogP contribution in [0.25, 0.3) is 0 Å². The van der Waals surface area contributed by atoms with E-state index < -0.39 is 16.7 Å². The number of carbonyl (C=O) groups excluding carboxylic acids is 2. The minimum Gasteiger partial charge on any atom is -0.494 e. The molecule has 0 spiro atoms. The summed E-state index contributed by atoms with van der Waals surface area (Å²) in [5.41, 5.74) is 0.822. The number of nitrogens with one attached hydrogen (secondary N) is 1. The van der Waals surface area contributed by atoms with E-state index >= 15 is 0 Å². The van der Waals surface area contributed by atoms with Crippen LogP contribution in [0.2, 0.25) is 0 Å². The molecule has 0 atom stereocenters. The van der Waals surface area contributed by atoms with Gasteiger partial charge in [-0.2, -0.15) is 0 Å². The summed E-state index contributed by atoms with van der Waals surface area (Å²) in [5.74, 6) is -1.79. The first kappa shape index (κ1) is 20.1. The Morgan fingerprint density at radius 3 is 2.34 bits per heavy atom. The Labute approximate surface area is 165 Å². The summed E-state index contributed by atoms with van der Waals surface area (Å²) in [4.78, 5) is 38.5. The molecular weight excluding hydrogens is 383 g/mol. The maximum absolute atomic E-state index is 13.0. The SMILES string of the molecule is COc1cc([N+](=O)[O-])ccc1NC(=O)C(=O)N1CCN(c2ccc(F)cc2)CC1. The van der Waals surface area contributed by atoms with Gasteiger partial charge in [0.15, 0.2) is 0 Å². The maximum atomic E-state index is 13.0. The molecular formula is C19H19FN4O5. The van der Waals surface area contributed by atoms with Crippen LogP contribution >= 0.6 is 0 Å². The van der Waals surface area contributed by atoms with Gasteiger partial charge < -0.3 is 19.9 Å². The summed E-state index contributed by atoms with van der Waals surface area (Å²) in [6.45, 7) is 1.68. The molecule has 0 saturated carbocycles. The first-order valence-corrected chi connectivity index (χ1v) is 8.82. The number of carbonyl (C=O) groups is 2. The Morgan fingerprint density at radius 2 is 1.76 bits per heavy atom. The lowest BCUT2D eigenvalue weighted by atomic mass is 10.2. The summed E-state index contributed by atoms with van der Waals surface area (Å²) in [7, 11) is 1.31. The summed E-state index contributed by atoms with van der Waals surface area (Å²) < 4.78 is 18.1. The van der Waals surface area contributed by atoms with Gasteiger partial charge >= 0.3 is 11.8 Å². The highest BCUT2D eigenvalue weighted by Crippen LogP contribution is 2.29. The Balaban J connectivity index is 1.60. The molecule has 1 heterocycles. The molecule has 1 N–H and O–H groups in total. The number of rotatable bonds is 4. The molecule has 10 heteroatoms. The standard InChI is InChI=1S/C19H19FN4O5/c1-29-17-12-15(24(27)28)6-7-16(17)21-18(25)19(26)23-10-8-22(9-11-23)14-4-2-13(20)3-5-14/h2-7,12H,8-11H2,1H3,(H,21,25). The second-order valence-corrected chi connectivity index (χ2v) is 6.35. The Hall–Kier alpha value is -3.69. The van der Waals surface area contributed by atoms with Crippen molar-refractivity contribution in [1.29, 1.82) is 0 Å². The Bertz CT molecular complexity index is 927. The van der Waals surface area contributed by atoms with Crippen LogP contribution in [0.4, 0.5) is 21.5 Å². The van der Waals surface area contributed by atoms with Gasteiger partial charge in [0.25, 0.3) is 5.69 Å². The molecule has 1 saturated heterocycles. The zero-order chi connectivity index (χ0) is 21.0. The van der Waals surface area contributed by atoms with Crippen molar-refractivity contribution in [2.45, 2.75) is 0 Å². The van der Waals surface area contributed by atoms with Crippen molar-refractivity contribution in [3.63, 3.8) is 0 Å². The first-order chi connectivity index (χ1) is 13.9. The van der Waals surface area contributed by atoms with Gasteiger partial charge in [0.05, 0.1) is 23.8 Å². The molecule has 3 rings (SSSR count). The van der Waals surface area contributed by atoms with Crippen LogP contribution in [-0.4, -0.2) is 54.9 Å². The number of piperazine rings is 1. The molecule has 0 aromatic heterocycles. The van der Waals surface area contributed by atoms with Crippen LogP contribution in [-0.2, 0) is 9.59 Å². The second-order valence-electron chi connectivity index (χ2n) is 6.35. The van der Waals surface area contributed by atoms with E-state index in [-0.39, 0.29) is 22.9 Å². The van der Waals surface area contributed by atoms with Crippen molar-refractivity contribution in [2.75, 3.05) is 43.5 Å². The molecule has 2 amide bonds. The lowest BCUT2D eigenvalue weighted by Gasteiger charge is -2.35. The van der Waals surface area contributed by atoms with E-state index in [4.69, 9.17) is 4.74 Å². The van der Waals surface area contributed by atoms with Crippen LogP contribution in [0.5, 0.6) is 5.75 Å². The number of nitro groups is 1. The Kier molecular flexibility index (Phi) is 5.91. The topological polar surface area (TPSA) is 105 Å². The van der Waals surface area contributed by atoms with Gasteiger partial charge in [0, 0.05) is 37.9 Å². The molecule has 152 valence electrons. The van der Waals surface area contributed by atoms with Gasteiger partial charge in [0.1, 0.15) is 11.6 Å². The highest BCUT2D eigenvalue weighted by atomic mass is 19.1. The quantitative estimate of drug-likeness (QED) is 0.477. The predicted molar refractivity (Wildman–Crippen MR) is 103 cm³/mol. The van der Waals surface area contributed by atoms with Gasteiger partial charge in [-0.3, -0.25) is 19.7 Å². The van der Waals surface area contributed by atoms with Gasteiger partial charge in [-0.1, -0.05) is 0 Å². The fraction of sp³-hybridized carbons (Fsp3) is 0.263. The fourth-order valence-electron chi connectivity index (χ4n) is 3.04.